The van der Waals surface area contributed by atoms with Crippen molar-refractivity contribution in [3.63, 3.8) is 0 Å². The Kier molecular flexibility index (Phi) is 9.06. The van der Waals surface area contributed by atoms with Crippen LogP contribution in [0.25, 0.3) is 0 Å². The van der Waals surface area contributed by atoms with Gasteiger partial charge in [-0.2, -0.15) is 0 Å². The van der Waals surface area contributed by atoms with Gasteiger partial charge in [-0.3, -0.25) is 4.90 Å². The first-order valence-electron chi connectivity index (χ1n) is 6.21. The summed E-state index contributed by atoms with van der Waals surface area (Å²) in [7, 11) is 4.27. The summed E-state index contributed by atoms with van der Waals surface area (Å²) in [5.41, 5.74) is 0. The molecule has 0 radical (unpaired) electrons. The maximum absolute atomic E-state index is 3.39. The average molecular weight is 215 g/mol. The van der Waals surface area contributed by atoms with Crippen molar-refractivity contribution < 1.29 is 0 Å². The lowest BCUT2D eigenvalue weighted by Gasteiger charge is -2.29. The van der Waals surface area contributed by atoms with Crippen molar-refractivity contribution in [3.05, 3.63) is 0 Å². The summed E-state index contributed by atoms with van der Waals surface area (Å²) in [6, 6.07) is 0.689. The summed E-state index contributed by atoms with van der Waals surface area (Å²) in [5.74, 6) is 0. The number of hydrogen-bond donors (Lipinski definition) is 1. The molecule has 1 atom stereocenters. The van der Waals surface area contributed by atoms with Crippen LogP contribution < -0.4 is 5.32 Å². The van der Waals surface area contributed by atoms with Crippen molar-refractivity contribution in [2.24, 2.45) is 0 Å². The Bertz CT molecular complexity index is 137. The molecule has 0 amide bonds. The first kappa shape index (κ1) is 14.9. The molecule has 1 unspecified atom stereocenters. The molecule has 0 rings (SSSR count). The summed E-state index contributed by atoms with van der Waals surface area (Å²) < 4.78 is 0. The van der Waals surface area contributed by atoms with E-state index in [9.17, 15) is 0 Å². The standard InChI is InChI=1S/C12H29N3/c1-6-13-9-8-12(3)15(7-2)11-10-14(4)5/h12-13H,6-11H2,1-5H3. The van der Waals surface area contributed by atoms with E-state index in [0.717, 1.165) is 26.2 Å². The molecule has 0 saturated carbocycles. The Labute approximate surface area is 95.8 Å². The SMILES string of the molecule is CCNCCC(C)N(CC)CCN(C)C. The van der Waals surface area contributed by atoms with Crippen LogP contribution in [0, 0.1) is 0 Å². The zero-order chi connectivity index (χ0) is 11.7. The van der Waals surface area contributed by atoms with Gasteiger partial charge in [-0.15, -0.1) is 0 Å². The third-order valence-electron chi connectivity index (χ3n) is 2.85. The van der Waals surface area contributed by atoms with Crippen LogP contribution in [-0.4, -0.2) is 62.7 Å². The van der Waals surface area contributed by atoms with Gasteiger partial charge in [0.2, 0.25) is 0 Å². The highest BCUT2D eigenvalue weighted by Crippen LogP contribution is 2.02. The maximum atomic E-state index is 3.39. The molecule has 0 spiro atoms. The minimum Gasteiger partial charge on any atom is -0.317 e. The molecule has 0 saturated heterocycles. The molecular weight excluding hydrogens is 186 g/mol. The van der Waals surface area contributed by atoms with Gasteiger partial charge in [0.1, 0.15) is 0 Å². The monoisotopic (exact) mass is 215 g/mol. The quantitative estimate of drug-likeness (QED) is 0.584. The second kappa shape index (κ2) is 9.13. The minimum atomic E-state index is 0.689. The number of nitrogens with one attached hydrogen (secondary N) is 1. The second-order valence-electron chi connectivity index (χ2n) is 4.42. The van der Waals surface area contributed by atoms with Crippen LogP contribution in [0.3, 0.4) is 0 Å². The lowest BCUT2D eigenvalue weighted by atomic mass is 10.2. The molecule has 0 aliphatic carbocycles. The van der Waals surface area contributed by atoms with Gasteiger partial charge in [-0.05, 0) is 47.1 Å². The van der Waals surface area contributed by atoms with E-state index < -0.39 is 0 Å². The molecule has 0 aromatic rings. The number of rotatable bonds is 9. The van der Waals surface area contributed by atoms with Crippen molar-refractivity contribution in [1.82, 2.24) is 15.1 Å². The normalized spacial score (nSPS) is 13.8. The van der Waals surface area contributed by atoms with Gasteiger partial charge in [0, 0.05) is 19.1 Å². The molecule has 92 valence electrons. The summed E-state index contributed by atoms with van der Waals surface area (Å²) in [6.45, 7) is 12.4. The van der Waals surface area contributed by atoms with Gasteiger partial charge in [0.15, 0.2) is 0 Å². The van der Waals surface area contributed by atoms with E-state index in [-0.39, 0.29) is 0 Å². The van der Waals surface area contributed by atoms with E-state index >= 15 is 0 Å². The van der Waals surface area contributed by atoms with Crippen LogP contribution in [0.1, 0.15) is 27.2 Å². The number of likely N-dealkylation sites (N-methyl/N-ethyl adjacent to an activating group) is 2. The first-order chi connectivity index (χ1) is 7.11. The molecule has 3 heteroatoms. The molecule has 0 aromatic carbocycles. The van der Waals surface area contributed by atoms with E-state index in [1.165, 1.54) is 13.0 Å². The summed E-state index contributed by atoms with van der Waals surface area (Å²) >= 11 is 0. The smallest absolute Gasteiger partial charge is 0.0112 e. The lowest BCUT2D eigenvalue weighted by molar-refractivity contribution is 0.189. The maximum Gasteiger partial charge on any atom is 0.0112 e. The van der Waals surface area contributed by atoms with Crippen LogP contribution in [-0.2, 0) is 0 Å². The van der Waals surface area contributed by atoms with E-state index in [0.29, 0.717) is 6.04 Å². The van der Waals surface area contributed by atoms with Crippen LogP contribution in [0.5, 0.6) is 0 Å². The molecule has 0 aromatic heterocycles. The second-order valence-corrected chi connectivity index (χ2v) is 4.42. The topological polar surface area (TPSA) is 18.5 Å². The largest absolute Gasteiger partial charge is 0.317 e. The van der Waals surface area contributed by atoms with E-state index in [1.807, 2.05) is 0 Å². The van der Waals surface area contributed by atoms with Gasteiger partial charge in [0.05, 0.1) is 0 Å². The van der Waals surface area contributed by atoms with Crippen molar-refractivity contribution in [3.8, 4) is 0 Å². The van der Waals surface area contributed by atoms with Crippen LogP contribution in [0.2, 0.25) is 0 Å². The predicted molar refractivity (Wildman–Crippen MR) is 68.4 cm³/mol. The Balaban J connectivity index is 3.72. The zero-order valence-electron chi connectivity index (χ0n) is 11.2. The van der Waals surface area contributed by atoms with Crippen LogP contribution in [0.4, 0.5) is 0 Å². The third kappa shape index (κ3) is 7.77. The average Bonchev–Trinajstić information content (AvgIpc) is 2.18. The van der Waals surface area contributed by atoms with E-state index in [2.05, 4.69) is 50.0 Å². The highest BCUT2D eigenvalue weighted by Gasteiger charge is 2.10. The Morgan fingerprint density at radius 3 is 2.27 bits per heavy atom. The summed E-state index contributed by atoms with van der Waals surface area (Å²) in [6.07, 6.45) is 1.25. The molecule has 15 heavy (non-hydrogen) atoms. The van der Waals surface area contributed by atoms with Gasteiger partial charge >= 0.3 is 0 Å². The first-order valence-corrected chi connectivity index (χ1v) is 6.21. The molecule has 0 aliphatic rings. The molecule has 1 N–H and O–H groups in total. The van der Waals surface area contributed by atoms with Gasteiger partial charge < -0.3 is 10.2 Å². The minimum absolute atomic E-state index is 0.689. The van der Waals surface area contributed by atoms with Crippen molar-refractivity contribution in [1.29, 1.82) is 0 Å². The predicted octanol–water partition coefficient (Wildman–Crippen LogP) is 1.26. The Hall–Kier alpha value is -0.120. The van der Waals surface area contributed by atoms with Gasteiger partial charge in [-0.25, -0.2) is 0 Å². The van der Waals surface area contributed by atoms with E-state index in [4.69, 9.17) is 0 Å². The fourth-order valence-corrected chi connectivity index (χ4v) is 1.69. The van der Waals surface area contributed by atoms with Crippen molar-refractivity contribution in [2.75, 3.05) is 46.8 Å². The highest BCUT2D eigenvalue weighted by atomic mass is 15.2. The number of nitrogens with zero attached hydrogens (tertiary/aromatic N) is 2. The van der Waals surface area contributed by atoms with Gasteiger partial charge in [-0.1, -0.05) is 13.8 Å². The molecule has 0 bridgehead atoms. The van der Waals surface area contributed by atoms with Crippen LogP contribution in [0.15, 0.2) is 0 Å². The third-order valence-corrected chi connectivity index (χ3v) is 2.85. The van der Waals surface area contributed by atoms with Crippen molar-refractivity contribution in [2.45, 2.75) is 33.2 Å². The molecule has 3 nitrogen and oxygen atoms in total. The Morgan fingerprint density at radius 2 is 1.80 bits per heavy atom. The fraction of sp³-hybridized carbons (Fsp3) is 1.00. The van der Waals surface area contributed by atoms with Gasteiger partial charge in [0.25, 0.3) is 0 Å². The molecular formula is C12H29N3. The summed E-state index contributed by atoms with van der Waals surface area (Å²) in [4.78, 5) is 4.80. The Morgan fingerprint density at radius 1 is 1.13 bits per heavy atom. The van der Waals surface area contributed by atoms with Crippen LogP contribution >= 0.6 is 0 Å². The molecule has 0 aliphatic heterocycles. The number of hydrogen-bond acceptors (Lipinski definition) is 3. The fourth-order valence-electron chi connectivity index (χ4n) is 1.69. The molecule has 0 heterocycles. The molecule has 0 fully saturated rings. The highest BCUT2D eigenvalue weighted by molar-refractivity contribution is 4.68. The summed E-state index contributed by atoms with van der Waals surface area (Å²) in [5, 5.41) is 3.39. The lowest BCUT2D eigenvalue weighted by Crippen LogP contribution is -2.39. The zero-order valence-corrected chi connectivity index (χ0v) is 11.2. The van der Waals surface area contributed by atoms with Crippen molar-refractivity contribution >= 4 is 0 Å². The van der Waals surface area contributed by atoms with E-state index in [1.54, 1.807) is 0 Å².